The number of carbonyl (C=O) groups is 2. The molecule has 8 heteroatoms. The quantitative estimate of drug-likeness (QED) is 0.630. The van der Waals surface area contributed by atoms with Crippen molar-refractivity contribution < 1.29 is 9.59 Å². The summed E-state index contributed by atoms with van der Waals surface area (Å²) in [5, 5.41) is 11.9. The Morgan fingerprint density at radius 1 is 1.15 bits per heavy atom. The van der Waals surface area contributed by atoms with Crippen molar-refractivity contribution in [3.8, 4) is 6.07 Å². The third-order valence-electron chi connectivity index (χ3n) is 6.42. The van der Waals surface area contributed by atoms with Crippen LogP contribution in [0.4, 0.5) is 11.4 Å². The molecule has 2 N–H and O–H groups in total. The van der Waals surface area contributed by atoms with Crippen LogP contribution in [0.2, 0.25) is 0 Å². The van der Waals surface area contributed by atoms with Gasteiger partial charge in [-0.05, 0) is 68.4 Å². The van der Waals surface area contributed by atoms with E-state index in [0.29, 0.717) is 23.5 Å². The number of rotatable bonds is 5. The molecular weight excluding hydrogens is 416 g/mol. The Morgan fingerprint density at radius 3 is 2.70 bits per heavy atom. The number of aromatic nitrogens is 2. The van der Waals surface area contributed by atoms with Gasteiger partial charge in [-0.3, -0.25) is 14.5 Å². The zero-order valence-electron chi connectivity index (χ0n) is 18.4. The summed E-state index contributed by atoms with van der Waals surface area (Å²) in [5.41, 5.74) is 3.69. The zero-order valence-corrected chi connectivity index (χ0v) is 18.4. The molecule has 2 amide bonds. The lowest BCUT2D eigenvalue weighted by Crippen LogP contribution is -2.29. The van der Waals surface area contributed by atoms with Gasteiger partial charge in [0.1, 0.15) is 5.82 Å². The largest absolute Gasteiger partial charge is 0.341 e. The molecular formula is C25H26N6O2. The molecule has 8 nitrogen and oxygen atoms in total. The maximum atomic E-state index is 12.9. The lowest BCUT2D eigenvalue weighted by Gasteiger charge is -2.25. The number of piperidine rings is 1. The summed E-state index contributed by atoms with van der Waals surface area (Å²) in [5.74, 6) is 0.244. The van der Waals surface area contributed by atoms with Crippen molar-refractivity contribution >= 4 is 34.2 Å². The number of fused-ring (bicyclic) bond motifs is 1. The number of amides is 2. The van der Waals surface area contributed by atoms with E-state index < -0.39 is 5.92 Å². The summed E-state index contributed by atoms with van der Waals surface area (Å²) in [6.07, 6.45) is 3.95. The standard InChI is InChI=1S/C25H26N6O2/c26-14-17-4-7-20(8-5-17)31-15-18(12-24(31)32)25(33)27-19-6-9-21-22(13-19)29-23(28-21)16-30-10-2-1-3-11-30/h4-9,13,18H,1-3,10-12,15-16H2,(H,27,33)(H,28,29). The summed E-state index contributed by atoms with van der Waals surface area (Å²) in [4.78, 5) is 37.5. The highest BCUT2D eigenvalue weighted by Crippen LogP contribution is 2.27. The summed E-state index contributed by atoms with van der Waals surface area (Å²) in [7, 11) is 0. The van der Waals surface area contributed by atoms with Crippen LogP contribution >= 0.6 is 0 Å². The number of hydrogen-bond donors (Lipinski definition) is 2. The van der Waals surface area contributed by atoms with E-state index >= 15 is 0 Å². The van der Waals surface area contributed by atoms with Crippen molar-refractivity contribution in [1.29, 1.82) is 5.26 Å². The van der Waals surface area contributed by atoms with Gasteiger partial charge in [0, 0.05) is 24.3 Å². The van der Waals surface area contributed by atoms with Gasteiger partial charge in [0.15, 0.2) is 0 Å². The van der Waals surface area contributed by atoms with E-state index in [9.17, 15) is 9.59 Å². The summed E-state index contributed by atoms with van der Waals surface area (Å²) < 4.78 is 0. The first-order valence-electron chi connectivity index (χ1n) is 11.4. The Kier molecular flexibility index (Phi) is 5.80. The van der Waals surface area contributed by atoms with E-state index in [4.69, 9.17) is 5.26 Å². The first-order chi connectivity index (χ1) is 16.1. The number of hydrogen-bond acceptors (Lipinski definition) is 5. The molecule has 168 valence electrons. The second-order valence-electron chi connectivity index (χ2n) is 8.81. The monoisotopic (exact) mass is 442 g/mol. The number of nitrogens with zero attached hydrogens (tertiary/aromatic N) is 4. The predicted octanol–water partition coefficient (Wildman–Crippen LogP) is 3.41. The maximum Gasteiger partial charge on any atom is 0.229 e. The summed E-state index contributed by atoms with van der Waals surface area (Å²) >= 11 is 0. The predicted molar refractivity (Wildman–Crippen MR) is 125 cm³/mol. The molecule has 33 heavy (non-hydrogen) atoms. The SMILES string of the molecule is N#Cc1ccc(N2CC(C(=O)Nc3ccc4nc(CN5CCCCC5)[nH]c4c3)CC2=O)cc1. The number of aromatic amines is 1. The number of anilines is 2. The molecule has 0 saturated carbocycles. The third kappa shape index (κ3) is 4.59. The Hall–Kier alpha value is -3.70. The molecule has 0 bridgehead atoms. The third-order valence-corrected chi connectivity index (χ3v) is 6.42. The molecule has 1 unspecified atom stereocenters. The molecule has 2 fully saturated rings. The van der Waals surface area contributed by atoms with Gasteiger partial charge in [-0.25, -0.2) is 4.98 Å². The van der Waals surface area contributed by atoms with Crippen LogP contribution in [0.3, 0.4) is 0 Å². The van der Waals surface area contributed by atoms with Crippen LogP contribution in [0.5, 0.6) is 0 Å². The normalized spacial score (nSPS) is 19.1. The van der Waals surface area contributed by atoms with Crippen molar-refractivity contribution in [3.05, 3.63) is 53.9 Å². The van der Waals surface area contributed by atoms with Gasteiger partial charge < -0.3 is 15.2 Å². The molecule has 2 aliphatic heterocycles. The fourth-order valence-electron chi connectivity index (χ4n) is 4.64. The van der Waals surface area contributed by atoms with Gasteiger partial charge in [0.05, 0.1) is 35.1 Å². The van der Waals surface area contributed by atoms with Gasteiger partial charge in [0.25, 0.3) is 0 Å². The molecule has 1 atom stereocenters. The smallest absolute Gasteiger partial charge is 0.229 e. The molecule has 0 spiro atoms. The van der Waals surface area contributed by atoms with Gasteiger partial charge in [0.2, 0.25) is 11.8 Å². The van der Waals surface area contributed by atoms with Crippen LogP contribution in [0.25, 0.3) is 11.0 Å². The Balaban J connectivity index is 1.24. The van der Waals surface area contributed by atoms with Crippen molar-refractivity contribution in [2.75, 3.05) is 29.9 Å². The highest BCUT2D eigenvalue weighted by molar-refractivity contribution is 6.04. The van der Waals surface area contributed by atoms with Crippen LogP contribution in [0.15, 0.2) is 42.5 Å². The molecule has 2 aromatic carbocycles. The highest BCUT2D eigenvalue weighted by Gasteiger charge is 2.35. The average molecular weight is 443 g/mol. The minimum Gasteiger partial charge on any atom is -0.341 e. The number of carbonyl (C=O) groups excluding carboxylic acids is 2. The van der Waals surface area contributed by atoms with Gasteiger partial charge in [-0.1, -0.05) is 6.42 Å². The van der Waals surface area contributed by atoms with Gasteiger partial charge in [-0.2, -0.15) is 5.26 Å². The molecule has 5 rings (SSSR count). The van der Waals surface area contributed by atoms with Crippen molar-refractivity contribution in [3.63, 3.8) is 0 Å². The second-order valence-corrected chi connectivity index (χ2v) is 8.81. The van der Waals surface area contributed by atoms with Crippen molar-refractivity contribution in [1.82, 2.24) is 14.9 Å². The van der Waals surface area contributed by atoms with E-state index in [1.54, 1.807) is 29.2 Å². The van der Waals surface area contributed by atoms with E-state index in [1.807, 2.05) is 18.2 Å². The lowest BCUT2D eigenvalue weighted by atomic mass is 10.1. The van der Waals surface area contributed by atoms with E-state index in [2.05, 4.69) is 26.3 Å². The van der Waals surface area contributed by atoms with Crippen LogP contribution in [-0.2, 0) is 16.1 Å². The highest BCUT2D eigenvalue weighted by atomic mass is 16.2. The van der Waals surface area contributed by atoms with Crippen LogP contribution in [0, 0.1) is 17.2 Å². The Bertz CT molecular complexity index is 1220. The number of nitrogens with one attached hydrogen (secondary N) is 2. The fourth-order valence-corrected chi connectivity index (χ4v) is 4.64. The first kappa shape index (κ1) is 21.2. The number of H-pyrrole nitrogens is 1. The zero-order chi connectivity index (χ0) is 22.8. The minimum absolute atomic E-state index is 0.0915. The molecule has 2 saturated heterocycles. The van der Waals surface area contributed by atoms with E-state index in [1.165, 1.54) is 19.3 Å². The molecule has 0 aliphatic carbocycles. The Morgan fingerprint density at radius 2 is 1.94 bits per heavy atom. The molecule has 3 aromatic rings. The van der Waals surface area contributed by atoms with E-state index in [0.717, 1.165) is 36.5 Å². The van der Waals surface area contributed by atoms with E-state index in [-0.39, 0.29) is 18.2 Å². The van der Waals surface area contributed by atoms with Crippen LogP contribution in [0.1, 0.15) is 37.1 Å². The van der Waals surface area contributed by atoms with Crippen molar-refractivity contribution in [2.24, 2.45) is 5.92 Å². The summed E-state index contributed by atoms with van der Waals surface area (Å²) in [6, 6.07) is 14.6. The molecule has 2 aliphatic rings. The summed E-state index contributed by atoms with van der Waals surface area (Å²) in [6.45, 7) is 3.35. The topological polar surface area (TPSA) is 105 Å². The number of likely N-dealkylation sites (tertiary alicyclic amines) is 1. The molecule has 3 heterocycles. The van der Waals surface area contributed by atoms with Gasteiger partial charge >= 0.3 is 0 Å². The average Bonchev–Trinajstić information content (AvgIpc) is 3.42. The minimum atomic E-state index is -0.430. The maximum absolute atomic E-state index is 12.9. The first-order valence-corrected chi connectivity index (χ1v) is 11.4. The number of imidazole rings is 1. The van der Waals surface area contributed by atoms with Crippen LogP contribution < -0.4 is 10.2 Å². The second kappa shape index (κ2) is 9.04. The fraction of sp³-hybridized carbons (Fsp3) is 0.360. The van der Waals surface area contributed by atoms with Crippen molar-refractivity contribution in [2.45, 2.75) is 32.2 Å². The molecule has 0 radical (unpaired) electrons. The molecule has 1 aromatic heterocycles. The van der Waals surface area contributed by atoms with Crippen LogP contribution in [-0.4, -0.2) is 46.3 Å². The number of benzene rings is 2. The number of nitriles is 1. The Labute approximate surface area is 192 Å². The lowest BCUT2D eigenvalue weighted by molar-refractivity contribution is -0.122. The van der Waals surface area contributed by atoms with Gasteiger partial charge in [-0.15, -0.1) is 0 Å².